The standard InChI is InChI=1S/C24H32O9/c1-24-7-6-13-12-5-3-11(32-23-19(28)17(26)18(27)20(33-23)22(30)31)8-10(12)2-4-14(13)15(24)9-16(25)21(24)29/h3,5,8,13-21,23,25-29H,2,4,6-7,9H2,1H3,(H,30,31)/p-1/t13-,14-,15+,16+,17+,18+,19-,20+,21+,23-,24+/m1/s1. The summed E-state index contributed by atoms with van der Waals surface area (Å²) in [6, 6.07) is 5.55. The number of fused-ring (bicyclic) bond motifs is 5. The van der Waals surface area contributed by atoms with E-state index < -0.39 is 48.9 Å². The van der Waals surface area contributed by atoms with Crippen molar-refractivity contribution in [1.82, 2.24) is 0 Å². The number of rotatable bonds is 3. The number of aryl methyl sites for hydroxylation is 1. The predicted molar refractivity (Wildman–Crippen MR) is 111 cm³/mol. The van der Waals surface area contributed by atoms with Crippen LogP contribution in [-0.4, -0.2) is 74.4 Å². The SMILES string of the molecule is C[C@]12CC[C@@H]3c4ccc(O[C@@H]5O[C@H](C(=O)[O-])[C@@H](O)[C@H](O)[C@H]5O)cc4CC[C@H]3[C@@H]1C[C@H](O)[C@@H]2O. The molecule has 0 unspecified atom stereocenters. The molecule has 1 heterocycles. The van der Waals surface area contributed by atoms with Crippen LogP contribution in [0, 0.1) is 17.3 Å². The Morgan fingerprint density at radius 1 is 1.12 bits per heavy atom. The molecular formula is C24H31O9-. The highest BCUT2D eigenvalue weighted by Gasteiger charge is 2.57. The van der Waals surface area contributed by atoms with Gasteiger partial charge in [0, 0.05) is 0 Å². The van der Waals surface area contributed by atoms with Crippen molar-refractivity contribution in [3.63, 3.8) is 0 Å². The topological polar surface area (TPSA) is 160 Å². The highest BCUT2D eigenvalue weighted by Crippen LogP contribution is 2.61. The second-order valence-electron chi connectivity index (χ2n) is 10.4. The molecule has 1 aliphatic heterocycles. The lowest BCUT2D eigenvalue weighted by molar-refractivity contribution is -0.342. The van der Waals surface area contributed by atoms with E-state index in [0.717, 1.165) is 31.2 Å². The van der Waals surface area contributed by atoms with Crippen molar-refractivity contribution in [1.29, 1.82) is 0 Å². The Morgan fingerprint density at radius 3 is 2.61 bits per heavy atom. The van der Waals surface area contributed by atoms with E-state index >= 15 is 0 Å². The van der Waals surface area contributed by atoms with Gasteiger partial charge in [0.1, 0.15) is 30.2 Å². The minimum Gasteiger partial charge on any atom is -0.547 e. The molecule has 3 aliphatic carbocycles. The third-order valence-corrected chi connectivity index (χ3v) is 8.73. The van der Waals surface area contributed by atoms with Crippen molar-refractivity contribution >= 4 is 5.97 Å². The molecular weight excluding hydrogens is 432 g/mol. The number of aliphatic carboxylic acids is 1. The van der Waals surface area contributed by atoms with E-state index in [2.05, 4.69) is 6.92 Å². The molecule has 0 bridgehead atoms. The molecule has 33 heavy (non-hydrogen) atoms. The minimum atomic E-state index is -1.82. The van der Waals surface area contributed by atoms with Gasteiger partial charge < -0.3 is 44.9 Å². The van der Waals surface area contributed by atoms with Gasteiger partial charge in [-0.15, -0.1) is 0 Å². The third kappa shape index (κ3) is 3.57. The average molecular weight is 464 g/mol. The highest BCUT2D eigenvalue weighted by molar-refractivity contribution is 5.71. The number of aliphatic hydroxyl groups is 5. The van der Waals surface area contributed by atoms with Crippen LogP contribution in [0.3, 0.4) is 0 Å². The summed E-state index contributed by atoms with van der Waals surface area (Å²) in [7, 11) is 0. The number of ether oxygens (including phenoxy) is 2. The normalized spacial score (nSPS) is 46.7. The summed E-state index contributed by atoms with van der Waals surface area (Å²) in [6.45, 7) is 2.10. The lowest BCUT2D eigenvalue weighted by Gasteiger charge is -2.50. The Bertz CT molecular complexity index is 921. The quantitative estimate of drug-likeness (QED) is 0.371. The highest BCUT2D eigenvalue weighted by atomic mass is 16.7. The molecule has 1 aromatic carbocycles. The molecule has 1 aromatic rings. The zero-order valence-corrected chi connectivity index (χ0v) is 18.4. The van der Waals surface area contributed by atoms with Crippen molar-refractivity contribution in [3.05, 3.63) is 29.3 Å². The van der Waals surface area contributed by atoms with Gasteiger partial charge in [0.25, 0.3) is 0 Å². The Balaban J connectivity index is 1.34. The Labute approximate surface area is 191 Å². The van der Waals surface area contributed by atoms with E-state index in [4.69, 9.17) is 9.47 Å². The van der Waals surface area contributed by atoms with Crippen LogP contribution in [0.1, 0.15) is 49.7 Å². The number of benzene rings is 1. The molecule has 182 valence electrons. The average Bonchev–Trinajstić information content (AvgIpc) is 3.02. The van der Waals surface area contributed by atoms with Gasteiger partial charge in [-0.2, -0.15) is 0 Å². The summed E-state index contributed by atoms with van der Waals surface area (Å²) in [6.07, 6.45) is -5.72. The fraction of sp³-hybridized carbons (Fsp3) is 0.708. The molecule has 0 radical (unpaired) electrons. The summed E-state index contributed by atoms with van der Waals surface area (Å²) in [5.41, 5.74) is 2.06. The maximum atomic E-state index is 11.2. The van der Waals surface area contributed by atoms with Gasteiger partial charge in [0.15, 0.2) is 0 Å². The number of carbonyl (C=O) groups excluding carboxylic acids is 1. The minimum absolute atomic E-state index is 0.253. The maximum Gasteiger partial charge on any atom is 0.229 e. The predicted octanol–water partition coefficient (Wildman–Crippen LogP) is -1.19. The Kier molecular flexibility index (Phi) is 5.70. The van der Waals surface area contributed by atoms with Gasteiger partial charge in [0.2, 0.25) is 6.29 Å². The molecule has 0 amide bonds. The van der Waals surface area contributed by atoms with Crippen LogP contribution >= 0.6 is 0 Å². The molecule has 2 saturated carbocycles. The molecule has 9 heteroatoms. The first-order valence-corrected chi connectivity index (χ1v) is 11.7. The summed E-state index contributed by atoms with van der Waals surface area (Å²) < 4.78 is 10.8. The number of hydrogen-bond acceptors (Lipinski definition) is 9. The number of carbonyl (C=O) groups is 1. The fourth-order valence-corrected chi connectivity index (χ4v) is 6.89. The van der Waals surface area contributed by atoms with Gasteiger partial charge >= 0.3 is 0 Å². The van der Waals surface area contributed by atoms with Crippen LogP contribution in [0.5, 0.6) is 5.75 Å². The smallest absolute Gasteiger partial charge is 0.229 e. The molecule has 9 nitrogen and oxygen atoms in total. The van der Waals surface area contributed by atoms with Gasteiger partial charge in [-0.25, -0.2) is 0 Å². The second kappa shape index (κ2) is 8.18. The van der Waals surface area contributed by atoms with Crippen LogP contribution in [-0.2, 0) is 16.0 Å². The molecule has 0 aromatic heterocycles. The van der Waals surface area contributed by atoms with E-state index in [0.29, 0.717) is 24.0 Å². The van der Waals surface area contributed by atoms with Crippen LogP contribution in [0.2, 0.25) is 0 Å². The molecule has 0 spiro atoms. The lowest BCUT2D eigenvalue weighted by Crippen LogP contribution is -2.63. The van der Waals surface area contributed by atoms with E-state index in [-0.39, 0.29) is 11.3 Å². The molecule has 5 N–H and O–H groups in total. The number of hydrogen-bond donors (Lipinski definition) is 5. The molecule has 5 rings (SSSR count). The molecule has 4 aliphatic rings. The van der Waals surface area contributed by atoms with Crippen LogP contribution in [0.15, 0.2) is 18.2 Å². The molecule has 3 fully saturated rings. The Morgan fingerprint density at radius 2 is 1.88 bits per heavy atom. The fourth-order valence-electron chi connectivity index (χ4n) is 6.89. The van der Waals surface area contributed by atoms with Crippen molar-refractivity contribution in [3.8, 4) is 5.75 Å². The summed E-state index contributed by atoms with van der Waals surface area (Å²) in [5, 5.41) is 62.1. The zero-order chi connectivity index (χ0) is 23.7. The van der Waals surface area contributed by atoms with Crippen molar-refractivity contribution in [2.45, 2.75) is 87.9 Å². The number of carboxylic acids is 1. The van der Waals surface area contributed by atoms with Gasteiger partial charge in [0.05, 0.1) is 18.2 Å². The van der Waals surface area contributed by atoms with Crippen LogP contribution in [0.25, 0.3) is 0 Å². The van der Waals surface area contributed by atoms with Crippen LogP contribution in [0.4, 0.5) is 0 Å². The largest absolute Gasteiger partial charge is 0.547 e. The van der Waals surface area contributed by atoms with Gasteiger partial charge in [-0.1, -0.05) is 13.0 Å². The first kappa shape index (κ1) is 23.0. The zero-order valence-electron chi connectivity index (χ0n) is 18.4. The van der Waals surface area contributed by atoms with E-state index in [9.17, 15) is 35.4 Å². The number of aliphatic hydroxyl groups excluding tert-OH is 5. The summed E-state index contributed by atoms with van der Waals surface area (Å²) in [5.74, 6) is -0.354. The second-order valence-corrected chi connectivity index (χ2v) is 10.4. The van der Waals surface area contributed by atoms with Crippen LogP contribution < -0.4 is 9.84 Å². The van der Waals surface area contributed by atoms with Crippen molar-refractivity contribution in [2.24, 2.45) is 17.3 Å². The van der Waals surface area contributed by atoms with E-state index in [1.165, 1.54) is 5.56 Å². The lowest BCUT2D eigenvalue weighted by atomic mass is 9.55. The van der Waals surface area contributed by atoms with E-state index in [1.807, 2.05) is 12.1 Å². The van der Waals surface area contributed by atoms with Crippen molar-refractivity contribution < 1.29 is 44.9 Å². The Hall–Kier alpha value is -1.75. The first-order chi connectivity index (χ1) is 15.6. The number of carboxylic acid groups (broad SMARTS) is 1. The first-order valence-electron chi connectivity index (χ1n) is 11.7. The third-order valence-electron chi connectivity index (χ3n) is 8.73. The monoisotopic (exact) mass is 463 g/mol. The van der Waals surface area contributed by atoms with Gasteiger partial charge in [-0.3, -0.25) is 0 Å². The summed E-state index contributed by atoms with van der Waals surface area (Å²) >= 11 is 0. The van der Waals surface area contributed by atoms with E-state index in [1.54, 1.807) is 6.07 Å². The maximum absolute atomic E-state index is 11.2. The summed E-state index contributed by atoms with van der Waals surface area (Å²) in [4.78, 5) is 11.2. The van der Waals surface area contributed by atoms with Crippen molar-refractivity contribution in [2.75, 3.05) is 0 Å². The van der Waals surface area contributed by atoms with Gasteiger partial charge in [-0.05, 0) is 78.5 Å². The molecule has 11 atom stereocenters. The molecule has 1 saturated heterocycles.